The molecule has 2 nitrogen and oxygen atoms in total. The van der Waals surface area contributed by atoms with Crippen molar-refractivity contribution < 1.29 is 0 Å². The summed E-state index contributed by atoms with van der Waals surface area (Å²) < 4.78 is 0. The lowest BCUT2D eigenvalue weighted by atomic mass is 10.3. The summed E-state index contributed by atoms with van der Waals surface area (Å²) in [5, 5.41) is 0.267. The van der Waals surface area contributed by atoms with E-state index in [1.807, 2.05) is 0 Å². The Morgan fingerprint density at radius 1 is 1.67 bits per heavy atom. The van der Waals surface area contributed by atoms with Gasteiger partial charge in [-0.25, -0.2) is 4.99 Å². The molecule has 0 bridgehead atoms. The smallest absolute Gasteiger partial charge is 0.217 e. The van der Waals surface area contributed by atoms with E-state index < -0.39 is 0 Å². The number of amidine groups is 1. The molecule has 52 valence electrons. The SMILES string of the molecule is C=NC(Cl)=NCCCC. The van der Waals surface area contributed by atoms with Gasteiger partial charge in [-0.15, -0.1) is 0 Å². The lowest BCUT2D eigenvalue weighted by Gasteiger charge is -1.88. The second kappa shape index (κ2) is 5.76. The van der Waals surface area contributed by atoms with Gasteiger partial charge in [0.2, 0.25) is 5.29 Å². The zero-order valence-electron chi connectivity index (χ0n) is 5.60. The number of unbranched alkanes of at least 4 members (excludes halogenated alkanes) is 1. The number of hydrogen-bond donors (Lipinski definition) is 0. The van der Waals surface area contributed by atoms with Crippen molar-refractivity contribution in [1.29, 1.82) is 0 Å². The van der Waals surface area contributed by atoms with Crippen molar-refractivity contribution in [3.63, 3.8) is 0 Å². The molecule has 9 heavy (non-hydrogen) atoms. The zero-order chi connectivity index (χ0) is 7.11. The molecule has 0 heterocycles. The van der Waals surface area contributed by atoms with Crippen LogP contribution in [-0.4, -0.2) is 18.6 Å². The fraction of sp³-hybridized carbons (Fsp3) is 0.667. The summed E-state index contributed by atoms with van der Waals surface area (Å²) in [6.45, 7) is 6.09. The van der Waals surface area contributed by atoms with Crippen LogP contribution in [0.5, 0.6) is 0 Å². The van der Waals surface area contributed by atoms with Crippen LogP contribution >= 0.6 is 11.6 Å². The summed E-state index contributed by atoms with van der Waals surface area (Å²) in [5.74, 6) is 0. The average Bonchev–Trinajstić information content (AvgIpc) is 1.89. The molecule has 0 unspecified atom stereocenters. The van der Waals surface area contributed by atoms with Gasteiger partial charge in [0.15, 0.2) is 0 Å². The first-order valence-corrected chi connectivity index (χ1v) is 3.35. The van der Waals surface area contributed by atoms with Crippen molar-refractivity contribution in [1.82, 2.24) is 0 Å². The third-order valence-corrected chi connectivity index (χ3v) is 1.12. The Balaban J connectivity index is 3.31. The molecule has 0 fully saturated rings. The minimum atomic E-state index is 0.267. The van der Waals surface area contributed by atoms with Crippen LogP contribution in [0.4, 0.5) is 0 Å². The Bertz CT molecular complexity index is 110. The van der Waals surface area contributed by atoms with Crippen molar-refractivity contribution >= 4 is 23.6 Å². The fourth-order valence-corrected chi connectivity index (χ4v) is 0.464. The van der Waals surface area contributed by atoms with Gasteiger partial charge in [-0.3, -0.25) is 4.99 Å². The molecule has 0 aliphatic heterocycles. The Kier molecular flexibility index (Phi) is 5.52. The highest BCUT2D eigenvalue weighted by molar-refractivity contribution is 6.65. The molecule has 0 radical (unpaired) electrons. The van der Waals surface area contributed by atoms with E-state index in [0.717, 1.165) is 19.4 Å². The lowest BCUT2D eigenvalue weighted by Crippen LogP contribution is -1.84. The highest BCUT2D eigenvalue weighted by Gasteiger charge is 1.83. The quantitative estimate of drug-likeness (QED) is 0.252. The van der Waals surface area contributed by atoms with Crippen molar-refractivity contribution in [2.75, 3.05) is 6.54 Å². The zero-order valence-corrected chi connectivity index (χ0v) is 6.36. The van der Waals surface area contributed by atoms with Crippen LogP contribution in [0.15, 0.2) is 9.98 Å². The standard InChI is InChI=1S/C6H11ClN2/c1-3-4-5-9-6(7)8-2/h2-5H2,1H3. The second-order valence-electron chi connectivity index (χ2n) is 1.66. The fourth-order valence-electron chi connectivity index (χ4n) is 0.379. The number of halogens is 1. The van der Waals surface area contributed by atoms with Crippen LogP contribution in [0, 0.1) is 0 Å². The van der Waals surface area contributed by atoms with Crippen molar-refractivity contribution in [3.8, 4) is 0 Å². The van der Waals surface area contributed by atoms with Gasteiger partial charge in [0, 0.05) is 6.54 Å². The summed E-state index contributed by atoms with van der Waals surface area (Å²) in [6, 6.07) is 0. The van der Waals surface area contributed by atoms with Crippen molar-refractivity contribution in [3.05, 3.63) is 0 Å². The van der Waals surface area contributed by atoms with E-state index in [9.17, 15) is 0 Å². The van der Waals surface area contributed by atoms with Crippen LogP contribution < -0.4 is 0 Å². The minimum absolute atomic E-state index is 0.267. The van der Waals surface area contributed by atoms with Crippen molar-refractivity contribution in [2.45, 2.75) is 19.8 Å². The number of aliphatic imine (C=N–C) groups is 2. The predicted octanol–water partition coefficient (Wildman–Crippen LogP) is 2.08. The number of rotatable bonds is 3. The molecule has 0 atom stereocenters. The van der Waals surface area contributed by atoms with Gasteiger partial charge < -0.3 is 0 Å². The van der Waals surface area contributed by atoms with Gasteiger partial charge in [0.05, 0.1) is 0 Å². The summed E-state index contributed by atoms with van der Waals surface area (Å²) in [6.07, 6.45) is 2.19. The molecule has 0 aromatic carbocycles. The molecule has 0 spiro atoms. The molecule has 0 rings (SSSR count). The average molecular weight is 147 g/mol. The van der Waals surface area contributed by atoms with Gasteiger partial charge >= 0.3 is 0 Å². The molecule has 0 aliphatic carbocycles. The summed E-state index contributed by atoms with van der Waals surface area (Å²) >= 11 is 5.42. The van der Waals surface area contributed by atoms with Crippen LogP contribution in [0.3, 0.4) is 0 Å². The Morgan fingerprint density at radius 2 is 2.33 bits per heavy atom. The Hall–Kier alpha value is -0.370. The first-order chi connectivity index (χ1) is 4.31. The maximum Gasteiger partial charge on any atom is 0.217 e. The Labute approximate surface area is 60.7 Å². The van der Waals surface area contributed by atoms with Gasteiger partial charge in [-0.05, 0) is 24.7 Å². The molecule has 0 saturated carbocycles. The topological polar surface area (TPSA) is 24.7 Å². The highest BCUT2D eigenvalue weighted by atomic mass is 35.5. The summed E-state index contributed by atoms with van der Waals surface area (Å²) in [7, 11) is 0. The van der Waals surface area contributed by atoms with Crippen LogP contribution in [0.1, 0.15) is 19.8 Å². The molecule has 0 saturated heterocycles. The first kappa shape index (κ1) is 8.63. The first-order valence-electron chi connectivity index (χ1n) is 2.98. The molecule has 0 aliphatic rings. The van der Waals surface area contributed by atoms with Gasteiger partial charge in [0.1, 0.15) is 0 Å². The monoisotopic (exact) mass is 146 g/mol. The highest BCUT2D eigenvalue weighted by Crippen LogP contribution is 1.91. The van der Waals surface area contributed by atoms with Crippen molar-refractivity contribution in [2.24, 2.45) is 9.98 Å². The number of hydrogen-bond acceptors (Lipinski definition) is 1. The summed E-state index contributed by atoms with van der Waals surface area (Å²) in [5.41, 5.74) is 0. The van der Waals surface area contributed by atoms with E-state index in [2.05, 4.69) is 23.6 Å². The van der Waals surface area contributed by atoms with E-state index in [-0.39, 0.29) is 5.29 Å². The van der Waals surface area contributed by atoms with Crippen LogP contribution in [-0.2, 0) is 0 Å². The molecular weight excluding hydrogens is 136 g/mol. The van der Waals surface area contributed by atoms with E-state index >= 15 is 0 Å². The van der Waals surface area contributed by atoms with Gasteiger partial charge in [-0.2, -0.15) is 0 Å². The van der Waals surface area contributed by atoms with Gasteiger partial charge in [-0.1, -0.05) is 13.3 Å². The molecule has 0 N–H and O–H groups in total. The van der Waals surface area contributed by atoms with E-state index in [4.69, 9.17) is 11.6 Å². The second-order valence-corrected chi connectivity index (χ2v) is 2.00. The van der Waals surface area contributed by atoms with E-state index in [1.165, 1.54) is 0 Å². The predicted molar refractivity (Wildman–Crippen MR) is 42.6 cm³/mol. The summed E-state index contributed by atoms with van der Waals surface area (Å²) in [4.78, 5) is 7.31. The third kappa shape index (κ3) is 5.50. The minimum Gasteiger partial charge on any atom is -0.256 e. The largest absolute Gasteiger partial charge is 0.256 e. The molecule has 3 heteroatoms. The van der Waals surface area contributed by atoms with E-state index in [1.54, 1.807) is 0 Å². The van der Waals surface area contributed by atoms with Crippen LogP contribution in [0.25, 0.3) is 0 Å². The molecule has 0 aromatic rings. The number of nitrogens with zero attached hydrogens (tertiary/aromatic N) is 2. The maximum atomic E-state index is 5.42. The third-order valence-electron chi connectivity index (χ3n) is 0.884. The molecular formula is C6H11ClN2. The maximum absolute atomic E-state index is 5.42. The molecule has 0 amide bonds. The van der Waals surface area contributed by atoms with Crippen LogP contribution in [0.2, 0.25) is 0 Å². The Morgan fingerprint density at radius 3 is 2.78 bits per heavy atom. The lowest BCUT2D eigenvalue weighted by molar-refractivity contribution is 0.809. The van der Waals surface area contributed by atoms with Gasteiger partial charge in [0.25, 0.3) is 0 Å². The van der Waals surface area contributed by atoms with E-state index in [0.29, 0.717) is 0 Å². The molecule has 0 aromatic heterocycles. The normalized spacial score (nSPS) is 11.6.